The summed E-state index contributed by atoms with van der Waals surface area (Å²) < 4.78 is 36.0. The van der Waals surface area contributed by atoms with Crippen LogP contribution in [0.15, 0.2) is 24.3 Å². The van der Waals surface area contributed by atoms with Crippen molar-refractivity contribution in [2.24, 2.45) is 5.92 Å². The second-order valence-electron chi connectivity index (χ2n) is 7.63. The Bertz CT molecular complexity index is 1100. The smallest absolute Gasteiger partial charge is 0.349 e. The first-order valence-corrected chi connectivity index (χ1v) is 12.7. The summed E-state index contributed by atoms with van der Waals surface area (Å²) in [5.74, 6) is -2.20. The van der Waals surface area contributed by atoms with Crippen molar-refractivity contribution in [3.8, 4) is 21.9 Å². The van der Waals surface area contributed by atoms with Gasteiger partial charge in [-0.15, -0.1) is 11.3 Å². The summed E-state index contributed by atoms with van der Waals surface area (Å²) >= 11 is 0.961. The number of sulfone groups is 1. The van der Waals surface area contributed by atoms with E-state index in [0.717, 1.165) is 30.7 Å². The van der Waals surface area contributed by atoms with Gasteiger partial charge in [0.05, 0.1) is 0 Å². The Morgan fingerprint density at radius 3 is 2.53 bits per heavy atom. The molecule has 1 unspecified atom stereocenters. The van der Waals surface area contributed by atoms with Crippen LogP contribution in [-0.4, -0.2) is 62.0 Å². The maximum absolute atomic E-state index is 12.4. The van der Waals surface area contributed by atoms with Crippen LogP contribution >= 0.6 is 11.3 Å². The maximum Gasteiger partial charge on any atom is 0.349 e. The molecule has 9 nitrogen and oxygen atoms in total. The number of ether oxygens (including phenoxy) is 2. The standard InChI is InChI=1S/C21H25NO8S2/c1-12-17(29-11-16(23)24)19(20(25)26)31-18(12)14-4-3-5-15(10-14)30-21(32(2,27)28)13-6-8-22-9-7-13/h3-5,10,13,21-22H,6-9,11H2,1-2H3,(H,23,24)(H,25,26). The van der Waals surface area contributed by atoms with Crippen LogP contribution in [-0.2, 0) is 14.6 Å². The predicted molar refractivity (Wildman–Crippen MR) is 119 cm³/mol. The molecule has 1 atom stereocenters. The molecule has 1 aromatic heterocycles. The highest BCUT2D eigenvalue weighted by atomic mass is 32.2. The van der Waals surface area contributed by atoms with Crippen molar-refractivity contribution in [3.63, 3.8) is 0 Å². The lowest BCUT2D eigenvalue weighted by Gasteiger charge is -2.29. The van der Waals surface area contributed by atoms with Crippen molar-refractivity contribution >= 4 is 33.1 Å². The number of rotatable bonds is 9. The first kappa shape index (κ1) is 24.0. The van der Waals surface area contributed by atoms with Crippen LogP contribution in [0.25, 0.3) is 10.4 Å². The highest BCUT2D eigenvalue weighted by Gasteiger charge is 2.33. The molecule has 0 bridgehead atoms. The quantitative estimate of drug-likeness (QED) is 0.491. The summed E-state index contributed by atoms with van der Waals surface area (Å²) in [7, 11) is -3.48. The Morgan fingerprint density at radius 2 is 1.94 bits per heavy atom. The number of hydrogen-bond acceptors (Lipinski definition) is 8. The number of aromatic carboxylic acids is 1. The number of nitrogens with one attached hydrogen (secondary N) is 1. The van der Waals surface area contributed by atoms with Crippen LogP contribution in [0, 0.1) is 12.8 Å². The Kier molecular flexibility index (Phi) is 7.42. The molecule has 1 aliphatic rings. The van der Waals surface area contributed by atoms with Crippen molar-refractivity contribution in [1.29, 1.82) is 0 Å². The number of carbonyl (C=O) groups is 2. The molecule has 1 aliphatic heterocycles. The second-order valence-corrected chi connectivity index (χ2v) is 10.8. The van der Waals surface area contributed by atoms with Crippen molar-refractivity contribution < 1.29 is 37.7 Å². The van der Waals surface area contributed by atoms with Gasteiger partial charge in [0.25, 0.3) is 0 Å². The second kappa shape index (κ2) is 9.88. The molecule has 11 heteroatoms. The fourth-order valence-corrected chi connectivity index (χ4v) is 6.06. The van der Waals surface area contributed by atoms with Crippen LogP contribution in [0.4, 0.5) is 0 Å². The average Bonchev–Trinajstić information content (AvgIpc) is 3.07. The van der Waals surface area contributed by atoms with Crippen LogP contribution in [0.5, 0.6) is 11.5 Å². The van der Waals surface area contributed by atoms with Crippen molar-refractivity contribution in [2.75, 3.05) is 26.0 Å². The minimum absolute atomic E-state index is 0.00920. The normalized spacial score (nSPS) is 15.8. The van der Waals surface area contributed by atoms with E-state index in [2.05, 4.69) is 5.32 Å². The zero-order chi connectivity index (χ0) is 23.5. The molecule has 0 spiro atoms. The van der Waals surface area contributed by atoms with Gasteiger partial charge in [0, 0.05) is 22.6 Å². The molecule has 174 valence electrons. The van der Waals surface area contributed by atoms with Gasteiger partial charge >= 0.3 is 11.9 Å². The first-order valence-electron chi connectivity index (χ1n) is 9.96. The minimum Gasteiger partial charge on any atom is -0.480 e. The Labute approximate surface area is 189 Å². The van der Waals surface area contributed by atoms with Gasteiger partial charge in [-0.25, -0.2) is 18.0 Å². The minimum atomic E-state index is -3.48. The lowest BCUT2D eigenvalue weighted by molar-refractivity contribution is -0.139. The van der Waals surface area contributed by atoms with E-state index < -0.39 is 33.8 Å². The lowest BCUT2D eigenvalue weighted by Crippen LogP contribution is -2.41. The van der Waals surface area contributed by atoms with Gasteiger partial charge in [-0.2, -0.15) is 0 Å². The molecular weight excluding hydrogens is 458 g/mol. The number of carboxylic acids is 2. The van der Waals surface area contributed by atoms with E-state index in [1.165, 1.54) is 0 Å². The van der Waals surface area contributed by atoms with E-state index in [1.54, 1.807) is 31.2 Å². The third kappa shape index (κ3) is 5.59. The molecule has 0 radical (unpaired) electrons. The lowest BCUT2D eigenvalue weighted by atomic mass is 9.99. The highest BCUT2D eigenvalue weighted by Crippen LogP contribution is 2.42. The van der Waals surface area contributed by atoms with Crippen molar-refractivity contribution in [1.82, 2.24) is 5.32 Å². The first-order chi connectivity index (χ1) is 15.1. The average molecular weight is 484 g/mol. The van der Waals surface area contributed by atoms with Gasteiger partial charge in [0.1, 0.15) is 11.5 Å². The molecule has 1 saturated heterocycles. The maximum atomic E-state index is 12.4. The molecule has 2 heterocycles. The summed E-state index contributed by atoms with van der Waals surface area (Å²) in [6.07, 6.45) is 2.54. The van der Waals surface area contributed by atoms with Gasteiger partial charge in [0.15, 0.2) is 21.3 Å². The van der Waals surface area contributed by atoms with Crippen LogP contribution in [0.2, 0.25) is 0 Å². The molecule has 1 fully saturated rings. The Balaban J connectivity index is 1.94. The topological polar surface area (TPSA) is 139 Å². The molecule has 0 aliphatic carbocycles. The fourth-order valence-electron chi connectivity index (χ4n) is 3.72. The number of aliphatic carboxylic acids is 1. The zero-order valence-corrected chi connectivity index (χ0v) is 19.3. The van der Waals surface area contributed by atoms with E-state index in [-0.39, 0.29) is 16.5 Å². The molecule has 0 saturated carbocycles. The van der Waals surface area contributed by atoms with Gasteiger partial charge in [-0.1, -0.05) is 12.1 Å². The van der Waals surface area contributed by atoms with Crippen LogP contribution in [0.3, 0.4) is 0 Å². The van der Waals surface area contributed by atoms with E-state index >= 15 is 0 Å². The molecule has 3 rings (SSSR count). The predicted octanol–water partition coefficient (Wildman–Crippen LogP) is 2.63. The summed E-state index contributed by atoms with van der Waals surface area (Å²) in [6, 6.07) is 6.76. The van der Waals surface area contributed by atoms with E-state index in [1.807, 2.05) is 0 Å². The third-order valence-corrected chi connectivity index (χ3v) is 7.80. The number of carboxylic acid groups (broad SMARTS) is 2. The molecule has 2 aromatic rings. The monoisotopic (exact) mass is 483 g/mol. The highest BCUT2D eigenvalue weighted by molar-refractivity contribution is 7.91. The molecule has 0 amide bonds. The summed E-state index contributed by atoms with van der Waals surface area (Å²) in [5.41, 5.74) is 0.132. The SMILES string of the molecule is Cc1c(-c2cccc(OC(C3CCNCC3)S(C)(=O)=O)c2)sc(C(=O)O)c1OCC(=O)O. The van der Waals surface area contributed by atoms with Crippen LogP contribution in [0.1, 0.15) is 28.1 Å². The third-order valence-electron chi connectivity index (χ3n) is 5.16. The van der Waals surface area contributed by atoms with Crippen LogP contribution < -0.4 is 14.8 Å². The molecule has 32 heavy (non-hydrogen) atoms. The Morgan fingerprint density at radius 1 is 1.25 bits per heavy atom. The van der Waals surface area contributed by atoms with Gasteiger partial charge in [-0.05, 0) is 50.6 Å². The van der Waals surface area contributed by atoms with Gasteiger partial charge in [-0.3, -0.25) is 0 Å². The van der Waals surface area contributed by atoms with E-state index in [0.29, 0.717) is 34.6 Å². The molecule has 3 N–H and O–H groups in total. The van der Waals surface area contributed by atoms with E-state index in [4.69, 9.17) is 14.6 Å². The number of hydrogen-bond donors (Lipinski definition) is 3. The number of benzene rings is 1. The van der Waals surface area contributed by atoms with Gasteiger partial charge < -0.3 is 25.0 Å². The Hall–Kier alpha value is -2.63. The van der Waals surface area contributed by atoms with Crippen molar-refractivity contribution in [3.05, 3.63) is 34.7 Å². The molecule has 1 aromatic carbocycles. The van der Waals surface area contributed by atoms with Crippen molar-refractivity contribution in [2.45, 2.75) is 25.2 Å². The molecular formula is C21H25NO8S2. The largest absolute Gasteiger partial charge is 0.480 e. The van der Waals surface area contributed by atoms with E-state index in [9.17, 15) is 23.1 Å². The summed E-state index contributed by atoms with van der Waals surface area (Å²) in [5, 5.41) is 21.6. The summed E-state index contributed by atoms with van der Waals surface area (Å²) in [6.45, 7) is 2.45. The number of piperidine rings is 1. The zero-order valence-electron chi connectivity index (χ0n) is 17.7. The summed E-state index contributed by atoms with van der Waals surface area (Å²) in [4.78, 5) is 23.0. The van der Waals surface area contributed by atoms with Gasteiger partial charge in [0.2, 0.25) is 5.44 Å². The fraction of sp³-hybridized carbons (Fsp3) is 0.429. The number of thiophene rings is 1.